The van der Waals surface area contributed by atoms with E-state index in [9.17, 15) is 19.4 Å². The third kappa shape index (κ3) is 48.5. The van der Waals surface area contributed by atoms with Gasteiger partial charge in [-0.1, -0.05) is 224 Å². The number of phosphoric acid groups is 1. The first-order valence-corrected chi connectivity index (χ1v) is 28.4. The van der Waals surface area contributed by atoms with Crippen molar-refractivity contribution in [3.8, 4) is 0 Å². The Bertz CT molecular complexity index is 1120. The van der Waals surface area contributed by atoms with Crippen LogP contribution < -0.4 is 5.32 Å². The van der Waals surface area contributed by atoms with Crippen LogP contribution in [0.15, 0.2) is 36.5 Å². The number of phosphoric ester groups is 1. The molecule has 372 valence electrons. The normalized spacial score (nSPS) is 14.3. The van der Waals surface area contributed by atoms with E-state index in [-0.39, 0.29) is 19.1 Å². The number of nitrogens with one attached hydrogen (secondary N) is 1. The molecule has 0 aromatic heterocycles. The molecule has 0 aromatic rings. The minimum Gasteiger partial charge on any atom is -0.387 e. The van der Waals surface area contributed by atoms with Crippen molar-refractivity contribution >= 4 is 13.7 Å². The van der Waals surface area contributed by atoms with Crippen LogP contribution in [-0.2, 0) is 18.4 Å². The van der Waals surface area contributed by atoms with Gasteiger partial charge in [0, 0.05) is 6.42 Å². The summed E-state index contributed by atoms with van der Waals surface area (Å²) >= 11 is 0. The van der Waals surface area contributed by atoms with E-state index in [0.29, 0.717) is 17.4 Å². The predicted molar refractivity (Wildman–Crippen MR) is 272 cm³/mol. The lowest BCUT2D eigenvalue weighted by Crippen LogP contribution is -2.45. The Morgan fingerprint density at radius 1 is 0.524 bits per heavy atom. The van der Waals surface area contributed by atoms with Crippen molar-refractivity contribution in [3.05, 3.63) is 36.5 Å². The summed E-state index contributed by atoms with van der Waals surface area (Å²) in [4.78, 5) is 23.2. The third-order valence-corrected chi connectivity index (χ3v) is 13.1. The Labute approximate surface area is 391 Å². The van der Waals surface area contributed by atoms with Gasteiger partial charge in [-0.05, 0) is 57.8 Å². The second kappa shape index (κ2) is 45.9. The molecule has 0 saturated heterocycles. The van der Waals surface area contributed by atoms with E-state index in [1.54, 1.807) is 6.08 Å². The lowest BCUT2D eigenvalue weighted by Gasteiger charge is -2.25. The molecule has 0 aliphatic rings. The number of allylic oxidation sites excluding steroid dienone is 5. The van der Waals surface area contributed by atoms with Gasteiger partial charge in [0.25, 0.3) is 0 Å². The monoisotopic (exact) mass is 910 g/mol. The van der Waals surface area contributed by atoms with E-state index in [4.69, 9.17) is 9.05 Å². The number of nitrogens with zero attached hydrogens (tertiary/aromatic N) is 1. The Balaban J connectivity index is 4.33. The van der Waals surface area contributed by atoms with E-state index in [1.165, 1.54) is 180 Å². The van der Waals surface area contributed by atoms with Crippen LogP contribution in [0.1, 0.15) is 251 Å². The molecule has 9 heteroatoms. The summed E-state index contributed by atoms with van der Waals surface area (Å²) in [5.74, 6) is -0.193. The van der Waals surface area contributed by atoms with Crippen molar-refractivity contribution < 1.29 is 32.9 Å². The molecule has 0 spiro atoms. The van der Waals surface area contributed by atoms with Gasteiger partial charge in [0.05, 0.1) is 39.9 Å². The van der Waals surface area contributed by atoms with Gasteiger partial charge < -0.3 is 19.8 Å². The molecule has 3 unspecified atom stereocenters. The number of carbonyl (C=O) groups is 1. The van der Waals surface area contributed by atoms with Crippen LogP contribution in [0.2, 0.25) is 0 Å². The van der Waals surface area contributed by atoms with Crippen LogP contribution in [0.25, 0.3) is 0 Å². The molecule has 0 rings (SSSR count). The predicted octanol–water partition coefficient (Wildman–Crippen LogP) is 15.8. The van der Waals surface area contributed by atoms with Gasteiger partial charge in [0.15, 0.2) is 0 Å². The molecular weight excluding hydrogens is 804 g/mol. The maximum atomic E-state index is 12.9. The molecule has 0 aliphatic carbocycles. The fourth-order valence-corrected chi connectivity index (χ4v) is 8.55. The smallest absolute Gasteiger partial charge is 0.387 e. The largest absolute Gasteiger partial charge is 0.472 e. The summed E-state index contributed by atoms with van der Waals surface area (Å²) in [6.07, 6.45) is 58.1. The van der Waals surface area contributed by atoms with Crippen LogP contribution in [0, 0.1) is 0 Å². The lowest BCUT2D eigenvalue weighted by molar-refractivity contribution is -0.870. The summed E-state index contributed by atoms with van der Waals surface area (Å²) in [6.45, 7) is 4.81. The van der Waals surface area contributed by atoms with Gasteiger partial charge >= 0.3 is 7.82 Å². The molecule has 0 heterocycles. The summed E-state index contributed by atoms with van der Waals surface area (Å²) < 4.78 is 23.6. The Kier molecular flexibility index (Phi) is 44.9. The zero-order valence-electron chi connectivity index (χ0n) is 42.3. The molecule has 0 radical (unpaired) electrons. The van der Waals surface area contributed by atoms with Crippen molar-refractivity contribution in [3.63, 3.8) is 0 Å². The first-order valence-electron chi connectivity index (χ1n) is 26.9. The van der Waals surface area contributed by atoms with Crippen molar-refractivity contribution in [1.82, 2.24) is 5.32 Å². The van der Waals surface area contributed by atoms with Crippen LogP contribution in [-0.4, -0.2) is 73.4 Å². The number of quaternary nitrogens is 1. The summed E-state index contributed by atoms with van der Waals surface area (Å²) in [6, 6.07) is -0.867. The van der Waals surface area contributed by atoms with Gasteiger partial charge in [0.2, 0.25) is 5.91 Å². The average Bonchev–Trinajstić information content (AvgIpc) is 3.24. The first-order chi connectivity index (χ1) is 30.5. The fourth-order valence-electron chi connectivity index (χ4n) is 7.82. The van der Waals surface area contributed by atoms with Crippen LogP contribution >= 0.6 is 7.82 Å². The molecule has 3 atom stereocenters. The van der Waals surface area contributed by atoms with Gasteiger partial charge in [-0.15, -0.1) is 0 Å². The maximum Gasteiger partial charge on any atom is 0.472 e. The summed E-state index contributed by atoms with van der Waals surface area (Å²) in [7, 11) is 1.55. The van der Waals surface area contributed by atoms with E-state index >= 15 is 0 Å². The van der Waals surface area contributed by atoms with Crippen LogP contribution in [0.5, 0.6) is 0 Å². The SMILES string of the molecule is CCCCCCCCCCC/C=C\CCCCCCCC(=O)NC(COP(=O)(O)OCC[N+](C)(C)C)C(O)/C=C/CC/C=C/CCCCCCCCCCCCCCCCCCC. The van der Waals surface area contributed by atoms with Crippen molar-refractivity contribution in [2.75, 3.05) is 40.9 Å². The number of aliphatic hydroxyl groups excluding tert-OH is 1. The number of carbonyl (C=O) groups excluding carboxylic acids is 1. The van der Waals surface area contributed by atoms with E-state index in [0.717, 1.165) is 51.4 Å². The number of likely N-dealkylation sites (N-methyl/N-ethyl adjacent to an activating group) is 1. The maximum absolute atomic E-state index is 12.9. The Hall–Kier alpha value is -1.28. The molecule has 0 bridgehead atoms. The molecule has 0 saturated carbocycles. The number of hydrogen-bond donors (Lipinski definition) is 3. The minimum absolute atomic E-state index is 0.0550. The molecule has 3 N–H and O–H groups in total. The molecular formula is C54H106N2O6P+. The Morgan fingerprint density at radius 2 is 0.873 bits per heavy atom. The number of amides is 1. The third-order valence-electron chi connectivity index (χ3n) is 12.1. The molecule has 0 fully saturated rings. The zero-order chi connectivity index (χ0) is 46.4. The highest BCUT2D eigenvalue weighted by atomic mass is 31.2. The molecule has 8 nitrogen and oxygen atoms in total. The number of unbranched alkanes of at least 4 members (excludes halogenated alkanes) is 32. The lowest BCUT2D eigenvalue weighted by atomic mass is 10.0. The topological polar surface area (TPSA) is 105 Å². The average molecular weight is 910 g/mol. The molecule has 0 aromatic carbocycles. The Morgan fingerprint density at radius 3 is 1.27 bits per heavy atom. The van der Waals surface area contributed by atoms with E-state index < -0.39 is 20.0 Å². The highest BCUT2D eigenvalue weighted by Gasteiger charge is 2.27. The van der Waals surface area contributed by atoms with Gasteiger partial charge in [-0.2, -0.15) is 0 Å². The molecule has 63 heavy (non-hydrogen) atoms. The van der Waals surface area contributed by atoms with Gasteiger partial charge in [-0.25, -0.2) is 4.57 Å². The standard InChI is InChI=1S/C54H105N2O6P/c1-6-8-10-12-14-16-18-20-22-24-26-27-28-29-30-31-33-35-37-39-41-43-45-47-53(57)52(51-62-63(59,60)61-50-49-56(3,4)5)55-54(58)48-46-44-42-40-38-36-34-32-25-23-21-19-17-15-13-11-9-7-2/h32,34,37,39,45,47,52-53,57H,6-31,33,35-36,38,40-44,46,48-51H2,1-5H3,(H-,55,58,59,60)/p+1/b34-32-,39-37+,47-45+. The van der Waals surface area contributed by atoms with Gasteiger partial charge in [0.1, 0.15) is 13.2 Å². The first kappa shape index (κ1) is 61.7. The van der Waals surface area contributed by atoms with Crippen LogP contribution in [0.4, 0.5) is 0 Å². The number of hydrogen-bond acceptors (Lipinski definition) is 5. The van der Waals surface area contributed by atoms with Crippen molar-refractivity contribution in [1.29, 1.82) is 0 Å². The zero-order valence-corrected chi connectivity index (χ0v) is 43.2. The van der Waals surface area contributed by atoms with E-state index in [2.05, 4.69) is 43.5 Å². The second-order valence-corrected chi connectivity index (χ2v) is 21.0. The van der Waals surface area contributed by atoms with Crippen LogP contribution in [0.3, 0.4) is 0 Å². The highest BCUT2D eigenvalue weighted by Crippen LogP contribution is 2.43. The van der Waals surface area contributed by atoms with Crippen molar-refractivity contribution in [2.24, 2.45) is 0 Å². The quantitative estimate of drug-likeness (QED) is 0.0243. The number of aliphatic hydroxyl groups is 1. The fraction of sp³-hybridized carbons (Fsp3) is 0.870. The molecule has 1 amide bonds. The molecule has 0 aliphatic heterocycles. The second-order valence-electron chi connectivity index (χ2n) is 19.6. The minimum atomic E-state index is -4.35. The summed E-state index contributed by atoms with van der Waals surface area (Å²) in [5, 5.41) is 13.9. The summed E-state index contributed by atoms with van der Waals surface area (Å²) in [5.41, 5.74) is 0. The van der Waals surface area contributed by atoms with E-state index in [1.807, 2.05) is 27.2 Å². The van der Waals surface area contributed by atoms with Gasteiger partial charge in [-0.3, -0.25) is 13.8 Å². The number of rotatable bonds is 49. The van der Waals surface area contributed by atoms with Crippen molar-refractivity contribution in [2.45, 2.75) is 264 Å². The highest BCUT2D eigenvalue weighted by molar-refractivity contribution is 7.47.